The van der Waals surface area contributed by atoms with Crippen molar-refractivity contribution in [2.45, 2.75) is 33.2 Å². The first-order chi connectivity index (χ1) is 10.1. The molecule has 1 aromatic carbocycles. The summed E-state index contributed by atoms with van der Waals surface area (Å²) in [6.07, 6.45) is 2.89. The number of furan rings is 1. The van der Waals surface area contributed by atoms with Crippen molar-refractivity contribution in [3.05, 3.63) is 51.4 Å². The van der Waals surface area contributed by atoms with E-state index in [2.05, 4.69) is 53.3 Å². The van der Waals surface area contributed by atoms with E-state index in [-0.39, 0.29) is 6.04 Å². The van der Waals surface area contributed by atoms with Crippen molar-refractivity contribution in [2.24, 2.45) is 0 Å². The summed E-state index contributed by atoms with van der Waals surface area (Å²) in [4.78, 5) is 0. The minimum atomic E-state index is 0.0641. The van der Waals surface area contributed by atoms with Gasteiger partial charge in [-0.1, -0.05) is 22.9 Å². The molecule has 2 rings (SSSR count). The molecule has 1 aromatic heterocycles. The van der Waals surface area contributed by atoms with Gasteiger partial charge in [-0.3, -0.25) is 0 Å². The summed E-state index contributed by atoms with van der Waals surface area (Å²) in [5, 5.41) is 3.58. The van der Waals surface area contributed by atoms with Gasteiger partial charge in [0.25, 0.3) is 0 Å². The van der Waals surface area contributed by atoms with E-state index in [0.717, 1.165) is 45.6 Å². The van der Waals surface area contributed by atoms with Crippen LogP contribution in [0.25, 0.3) is 0 Å². The summed E-state index contributed by atoms with van der Waals surface area (Å²) < 4.78 is 12.1. The van der Waals surface area contributed by atoms with Crippen LogP contribution < -0.4 is 10.1 Å². The van der Waals surface area contributed by atoms with Crippen LogP contribution in [0.2, 0.25) is 0 Å². The Kier molecular flexibility index (Phi) is 5.48. The third-order valence-corrected chi connectivity index (χ3v) is 4.36. The smallest absolute Gasteiger partial charge is 0.124 e. The quantitative estimate of drug-likeness (QED) is 0.814. The van der Waals surface area contributed by atoms with Crippen molar-refractivity contribution in [3.63, 3.8) is 0 Å². The van der Waals surface area contributed by atoms with Crippen LogP contribution in [0.5, 0.6) is 5.75 Å². The van der Waals surface area contributed by atoms with E-state index in [1.54, 1.807) is 7.11 Å². The van der Waals surface area contributed by atoms with Crippen molar-refractivity contribution in [1.29, 1.82) is 0 Å². The highest BCUT2D eigenvalue weighted by atomic mass is 79.9. The second kappa shape index (κ2) is 7.14. The van der Waals surface area contributed by atoms with Crippen LogP contribution in [-0.2, 0) is 0 Å². The number of hydrogen-bond acceptors (Lipinski definition) is 3. The average molecular weight is 352 g/mol. The van der Waals surface area contributed by atoms with Gasteiger partial charge in [0.05, 0.1) is 19.4 Å². The van der Waals surface area contributed by atoms with Gasteiger partial charge in [-0.05, 0) is 50.6 Å². The fraction of sp³-hybridized carbons (Fsp3) is 0.412. The average Bonchev–Trinajstić information content (AvgIpc) is 2.89. The fourth-order valence-electron chi connectivity index (χ4n) is 2.38. The Labute approximate surface area is 134 Å². The number of aryl methyl sites for hydroxylation is 2. The molecule has 1 heterocycles. The summed E-state index contributed by atoms with van der Waals surface area (Å²) >= 11 is 3.62. The molecule has 0 spiro atoms. The Morgan fingerprint density at radius 2 is 2.05 bits per heavy atom. The standard InChI is InChI=1S/C17H22BrNO2/c1-5-6-19-17(13-8-12(3)21-10-13)14-9-15(18)11(2)7-16(14)20-4/h7-10,17,19H,5-6H2,1-4H3. The lowest BCUT2D eigenvalue weighted by Crippen LogP contribution is -2.23. The minimum Gasteiger partial charge on any atom is -0.496 e. The van der Waals surface area contributed by atoms with Crippen LogP contribution in [0.1, 0.15) is 41.8 Å². The molecular weight excluding hydrogens is 330 g/mol. The largest absolute Gasteiger partial charge is 0.496 e. The summed E-state index contributed by atoms with van der Waals surface area (Å²) in [6, 6.07) is 6.33. The molecule has 0 bridgehead atoms. The van der Waals surface area contributed by atoms with Gasteiger partial charge in [-0.25, -0.2) is 0 Å². The molecular formula is C17H22BrNO2. The molecule has 1 unspecified atom stereocenters. The number of rotatable bonds is 6. The first kappa shape index (κ1) is 16.1. The highest BCUT2D eigenvalue weighted by molar-refractivity contribution is 9.10. The number of hydrogen-bond donors (Lipinski definition) is 1. The van der Waals surface area contributed by atoms with E-state index < -0.39 is 0 Å². The first-order valence-corrected chi connectivity index (χ1v) is 7.98. The van der Waals surface area contributed by atoms with Crippen molar-refractivity contribution < 1.29 is 9.15 Å². The van der Waals surface area contributed by atoms with Crippen LogP contribution in [0.4, 0.5) is 0 Å². The van der Waals surface area contributed by atoms with Gasteiger partial charge < -0.3 is 14.5 Å². The van der Waals surface area contributed by atoms with Gasteiger partial charge in [0.1, 0.15) is 11.5 Å². The van der Waals surface area contributed by atoms with E-state index in [4.69, 9.17) is 9.15 Å². The van der Waals surface area contributed by atoms with Gasteiger partial charge in [0, 0.05) is 15.6 Å². The second-order valence-corrected chi connectivity index (χ2v) is 6.08. The van der Waals surface area contributed by atoms with Crippen LogP contribution >= 0.6 is 15.9 Å². The summed E-state index contributed by atoms with van der Waals surface area (Å²) in [5.74, 6) is 1.81. The Hall–Kier alpha value is -1.26. The maximum atomic E-state index is 5.58. The molecule has 0 aliphatic carbocycles. The summed E-state index contributed by atoms with van der Waals surface area (Å²) in [7, 11) is 1.71. The molecule has 0 saturated carbocycles. The van der Waals surface area contributed by atoms with Gasteiger partial charge in [-0.2, -0.15) is 0 Å². The topological polar surface area (TPSA) is 34.4 Å². The second-order valence-electron chi connectivity index (χ2n) is 5.22. The van der Waals surface area contributed by atoms with E-state index >= 15 is 0 Å². The molecule has 0 aliphatic heterocycles. The lowest BCUT2D eigenvalue weighted by atomic mass is 9.98. The van der Waals surface area contributed by atoms with Crippen LogP contribution in [0.3, 0.4) is 0 Å². The number of methoxy groups -OCH3 is 1. The maximum absolute atomic E-state index is 5.58. The molecule has 114 valence electrons. The summed E-state index contributed by atoms with van der Waals surface area (Å²) in [6.45, 7) is 7.12. The number of halogens is 1. The zero-order valence-corrected chi connectivity index (χ0v) is 14.6. The van der Waals surface area contributed by atoms with Crippen LogP contribution in [-0.4, -0.2) is 13.7 Å². The highest BCUT2D eigenvalue weighted by Crippen LogP contribution is 2.35. The van der Waals surface area contributed by atoms with E-state index in [9.17, 15) is 0 Å². The number of ether oxygens (including phenoxy) is 1. The highest BCUT2D eigenvalue weighted by Gasteiger charge is 2.20. The van der Waals surface area contributed by atoms with Gasteiger partial charge in [-0.15, -0.1) is 0 Å². The SMILES string of the molecule is CCCNC(c1coc(C)c1)c1cc(Br)c(C)cc1OC. The van der Waals surface area contributed by atoms with E-state index in [1.165, 1.54) is 0 Å². The van der Waals surface area contributed by atoms with Crippen molar-refractivity contribution >= 4 is 15.9 Å². The molecule has 2 aromatic rings. The van der Waals surface area contributed by atoms with Gasteiger partial charge in [0.15, 0.2) is 0 Å². The predicted molar refractivity (Wildman–Crippen MR) is 89.0 cm³/mol. The minimum absolute atomic E-state index is 0.0641. The normalized spacial score (nSPS) is 12.4. The molecule has 0 amide bonds. The van der Waals surface area contributed by atoms with Crippen molar-refractivity contribution in [1.82, 2.24) is 5.32 Å². The first-order valence-electron chi connectivity index (χ1n) is 7.19. The third kappa shape index (κ3) is 3.69. The molecule has 0 fully saturated rings. The molecule has 3 nitrogen and oxygen atoms in total. The molecule has 0 radical (unpaired) electrons. The zero-order valence-electron chi connectivity index (χ0n) is 13.0. The van der Waals surface area contributed by atoms with Crippen molar-refractivity contribution in [3.8, 4) is 5.75 Å². The predicted octanol–water partition coefficient (Wildman–Crippen LogP) is 4.76. The summed E-state index contributed by atoms with van der Waals surface area (Å²) in [5.41, 5.74) is 3.40. The monoisotopic (exact) mass is 351 g/mol. The number of benzene rings is 1. The fourth-order valence-corrected chi connectivity index (χ4v) is 2.75. The maximum Gasteiger partial charge on any atom is 0.124 e. The molecule has 1 N–H and O–H groups in total. The molecule has 0 saturated heterocycles. The molecule has 4 heteroatoms. The Morgan fingerprint density at radius 3 is 2.62 bits per heavy atom. The Bertz CT molecular complexity index is 607. The lowest BCUT2D eigenvalue weighted by molar-refractivity contribution is 0.403. The van der Waals surface area contributed by atoms with Gasteiger partial charge in [0.2, 0.25) is 0 Å². The zero-order chi connectivity index (χ0) is 15.4. The number of nitrogens with one attached hydrogen (secondary N) is 1. The van der Waals surface area contributed by atoms with E-state index in [0.29, 0.717) is 0 Å². The molecule has 0 aliphatic rings. The van der Waals surface area contributed by atoms with Crippen LogP contribution in [0.15, 0.2) is 33.4 Å². The van der Waals surface area contributed by atoms with Gasteiger partial charge >= 0.3 is 0 Å². The Morgan fingerprint density at radius 1 is 1.29 bits per heavy atom. The Balaban J connectivity index is 2.47. The lowest BCUT2D eigenvalue weighted by Gasteiger charge is -2.21. The molecule has 1 atom stereocenters. The van der Waals surface area contributed by atoms with E-state index in [1.807, 2.05) is 13.2 Å². The van der Waals surface area contributed by atoms with Crippen LogP contribution in [0, 0.1) is 13.8 Å². The molecule has 21 heavy (non-hydrogen) atoms. The van der Waals surface area contributed by atoms with Crippen molar-refractivity contribution in [2.75, 3.05) is 13.7 Å². The third-order valence-electron chi connectivity index (χ3n) is 3.50.